The number of carbonyl (C=O) groups is 1. The second kappa shape index (κ2) is 3.63. The summed E-state index contributed by atoms with van der Waals surface area (Å²) >= 11 is 0. The minimum Gasteiger partial charge on any atom is -0.507 e. The zero-order valence-electron chi connectivity index (χ0n) is 9.10. The van der Waals surface area contributed by atoms with Gasteiger partial charge in [0, 0.05) is 17.7 Å². The van der Waals surface area contributed by atoms with Crippen LogP contribution in [0.15, 0.2) is 53.8 Å². The van der Waals surface area contributed by atoms with Crippen LogP contribution >= 0.6 is 0 Å². The molecule has 0 atom stereocenters. The molecule has 2 aliphatic rings. The van der Waals surface area contributed by atoms with Crippen LogP contribution in [0.4, 0.5) is 0 Å². The van der Waals surface area contributed by atoms with Crippen molar-refractivity contribution in [1.29, 1.82) is 0 Å². The van der Waals surface area contributed by atoms with Crippen molar-refractivity contribution in [1.82, 2.24) is 5.32 Å². The van der Waals surface area contributed by atoms with E-state index < -0.39 is 0 Å². The second-order valence-corrected chi connectivity index (χ2v) is 4.00. The number of nitrogens with one attached hydrogen (secondary N) is 1. The number of allylic oxidation sites excluding steroid dienone is 3. The van der Waals surface area contributed by atoms with Crippen molar-refractivity contribution in [2.45, 2.75) is 0 Å². The van der Waals surface area contributed by atoms with Gasteiger partial charge in [-0.05, 0) is 17.8 Å². The SMILES string of the molecule is O=C1C(C2=CCNC=C2)=C(O)c2ccccc21. The summed E-state index contributed by atoms with van der Waals surface area (Å²) in [7, 11) is 0. The summed E-state index contributed by atoms with van der Waals surface area (Å²) in [6.07, 6.45) is 5.49. The van der Waals surface area contributed by atoms with Crippen LogP contribution in [0.2, 0.25) is 0 Å². The molecule has 1 aromatic rings. The Bertz CT molecular complexity index is 594. The fourth-order valence-electron chi connectivity index (χ4n) is 2.17. The predicted molar refractivity (Wildman–Crippen MR) is 65.5 cm³/mol. The lowest BCUT2D eigenvalue weighted by Gasteiger charge is -2.08. The molecular formula is C14H11NO2. The third-order valence-corrected chi connectivity index (χ3v) is 3.00. The van der Waals surface area contributed by atoms with Crippen molar-refractivity contribution in [3.63, 3.8) is 0 Å². The highest BCUT2D eigenvalue weighted by Crippen LogP contribution is 2.35. The molecule has 0 aromatic heterocycles. The quantitative estimate of drug-likeness (QED) is 0.770. The number of Topliss-reactive ketones (excluding diaryl/α,β-unsaturated/α-hetero) is 1. The highest BCUT2D eigenvalue weighted by Gasteiger charge is 2.30. The average Bonchev–Trinajstić information content (AvgIpc) is 2.64. The summed E-state index contributed by atoms with van der Waals surface area (Å²) in [5.74, 6) is -0.0145. The van der Waals surface area contributed by atoms with E-state index in [4.69, 9.17) is 0 Å². The molecule has 0 saturated carbocycles. The van der Waals surface area contributed by atoms with Gasteiger partial charge < -0.3 is 10.4 Å². The number of dihydropyridines is 1. The van der Waals surface area contributed by atoms with Crippen molar-refractivity contribution in [2.24, 2.45) is 0 Å². The highest BCUT2D eigenvalue weighted by atomic mass is 16.3. The van der Waals surface area contributed by atoms with E-state index in [2.05, 4.69) is 5.32 Å². The van der Waals surface area contributed by atoms with Gasteiger partial charge in [0.1, 0.15) is 5.76 Å². The van der Waals surface area contributed by atoms with E-state index in [1.54, 1.807) is 30.5 Å². The van der Waals surface area contributed by atoms with E-state index in [1.165, 1.54) is 0 Å². The van der Waals surface area contributed by atoms with Gasteiger partial charge >= 0.3 is 0 Å². The summed E-state index contributed by atoms with van der Waals surface area (Å²) < 4.78 is 0. The van der Waals surface area contributed by atoms with Crippen molar-refractivity contribution >= 4 is 11.5 Å². The maximum absolute atomic E-state index is 12.2. The monoisotopic (exact) mass is 225 g/mol. The molecule has 3 nitrogen and oxygen atoms in total. The Hall–Kier alpha value is -2.29. The van der Waals surface area contributed by atoms with Crippen molar-refractivity contribution < 1.29 is 9.90 Å². The Kier molecular flexibility index (Phi) is 2.11. The smallest absolute Gasteiger partial charge is 0.198 e. The first-order valence-corrected chi connectivity index (χ1v) is 5.47. The minimum absolute atomic E-state index is 0.0865. The zero-order chi connectivity index (χ0) is 11.8. The summed E-state index contributed by atoms with van der Waals surface area (Å²) in [4.78, 5) is 12.2. The molecule has 1 aromatic carbocycles. The number of aliphatic hydroxyl groups is 1. The van der Waals surface area contributed by atoms with E-state index in [0.717, 1.165) is 5.57 Å². The fourth-order valence-corrected chi connectivity index (χ4v) is 2.17. The number of aliphatic hydroxyl groups excluding tert-OH is 1. The molecule has 1 aliphatic heterocycles. The molecule has 0 spiro atoms. The van der Waals surface area contributed by atoms with E-state index in [0.29, 0.717) is 23.2 Å². The maximum Gasteiger partial charge on any atom is 0.198 e. The third-order valence-electron chi connectivity index (χ3n) is 3.00. The van der Waals surface area contributed by atoms with Gasteiger partial charge in [-0.15, -0.1) is 0 Å². The molecule has 84 valence electrons. The first kappa shape index (κ1) is 9.90. The molecule has 3 rings (SSSR count). The van der Waals surface area contributed by atoms with Crippen LogP contribution in [0.5, 0.6) is 0 Å². The van der Waals surface area contributed by atoms with Crippen LogP contribution < -0.4 is 5.32 Å². The van der Waals surface area contributed by atoms with Gasteiger partial charge in [0.05, 0.1) is 5.57 Å². The summed E-state index contributed by atoms with van der Waals surface area (Å²) in [6, 6.07) is 7.13. The molecule has 0 saturated heterocycles. The Balaban J connectivity index is 2.15. The molecule has 17 heavy (non-hydrogen) atoms. The lowest BCUT2D eigenvalue weighted by molar-refractivity contribution is 0.104. The molecule has 3 heteroatoms. The molecule has 0 unspecified atom stereocenters. The molecule has 0 radical (unpaired) electrons. The molecule has 1 aliphatic carbocycles. The fraction of sp³-hybridized carbons (Fsp3) is 0.0714. The lowest BCUT2D eigenvalue weighted by Crippen LogP contribution is -2.11. The normalized spacial score (nSPS) is 17.9. The number of benzene rings is 1. The molecular weight excluding hydrogens is 214 g/mol. The number of fused-ring (bicyclic) bond motifs is 1. The standard InChI is InChI=1S/C14H11NO2/c16-13-10-3-1-2-4-11(10)14(17)12(13)9-5-7-15-8-6-9/h1-7,15-16H,8H2. The zero-order valence-corrected chi connectivity index (χ0v) is 9.10. The van der Waals surface area contributed by atoms with Gasteiger partial charge in [0.15, 0.2) is 5.78 Å². The molecule has 0 amide bonds. The Morgan fingerprint density at radius 1 is 1.18 bits per heavy atom. The van der Waals surface area contributed by atoms with Crippen LogP contribution in [0.1, 0.15) is 15.9 Å². The number of rotatable bonds is 1. The average molecular weight is 225 g/mol. The number of ketones is 1. The summed E-state index contributed by atoms with van der Waals surface area (Å²) in [5.41, 5.74) is 2.39. The van der Waals surface area contributed by atoms with Gasteiger partial charge in [0.25, 0.3) is 0 Å². The number of carbonyl (C=O) groups excluding carboxylic acids is 1. The third kappa shape index (κ3) is 1.40. The lowest BCUT2D eigenvalue weighted by atomic mass is 10.0. The topological polar surface area (TPSA) is 49.3 Å². The minimum atomic E-state index is -0.101. The number of hydrogen-bond donors (Lipinski definition) is 2. The Morgan fingerprint density at radius 2 is 1.94 bits per heavy atom. The van der Waals surface area contributed by atoms with Gasteiger partial charge in [-0.3, -0.25) is 4.79 Å². The van der Waals surface area contributed by atoms with E-state index in [-0.39, 0.29) is 11.5 Å². The van der Waals surface area contributed by atoms with E-state index >= 15 is 0 Å². The van der Waals surface area contributed by atoms with Gasteiger partial charge in [-0.1, -0.05) is 30.3 Å². The van der Waals surface area contributed by atoms with E-state index in [1.807, 2.05) is 12.1 Å². The maximum atomic E-state index is 12.2. The van der Waals surface area contributed by atoms with Gasteiger partial charge in [-0.2, -0.15) is 0 Å². The Labute approximate surface area is 98.8 Å². The van der Waals surface area contributed by atoms with Crippen LogP contribution in [-0.2, 0) is 0 Å². The predicted octanol–water partition coefficient (Wildman–Crippen LogP) is 2.20. The molecule has 0 bridgehead atoms. The van der Waals surface area contributed by atoms with Crippen LogP contribution in [0.3, 0.4) is 0 Å². The van der Waals surface area contributed by atoms with Gasteiger partial charge in [0.2, 0.25) is 0 Å². The van der Waals surface area contributed by atoms with E-state index in [9.17, 15) is 9.90 Å². The number of hydrogen-bond acceptors (Lipinski definition) is 3. The molecule has 0 fully saturated rings. The van der Waals surface area contributed by atoms with Crippen molar-refractivity contribution in [3.05, 3.63) is 64.9 Å². The van der Waals surface area contributed by atoms with Gasteiger partial charge in [-0.25, -0.2) is 0 Å². The largest absolute Gasteiger partial charge is 0.507 e. The molecule has 2 N–H and O–H groups in total. The first-order chi connectivity index (χ1) is 8.29. The summed E-state index contributed by atoms with van der Waals surface area (Å²) in [6.45, 7) is 0.673. The molecule has 1 heterocycles. The first-order valence-electron chi connectivity index (χ1n) is 5.47. The second-order valence-electron chi connectivity index (χ2n) is 4.00. The Morgan fingerprint density at radius 3 is 2.59 bits per heavy atom. The van der Waals surface area contributed by atoms with Crippen LogP contribution in [-0.4, -0.2) is 17.4 Å². The van der Waals surface area contributed by atoms with Crippen molar-refractivity contribution in [3.8, 4) is 0 Å². The summed E-state index contributed by atoms with van der Waals surface area (Å²) in [5, 5.41) is 13.1. The van der Waals surface area contributed by atoms with Crippen LogP contribution in [0.25, 0.3) is 5.76 Å². The highest BCUT2D eigenvalue weighted by molar-refractivity contribution is 6.22. The van der Waals surface area contributed by atoms with Crippen LogP contribution in [0, 0.1) is 0 Å². The van der Waals surface area contributed by atoms with Crippen molar-refractivity contribution in [2.75, 3.05) is 6.54 Å².